The standard InChI is InChI=1S/C12H17N3O4/c1-15(2)10-7-8(3-5-13-10)11(17)14-6-4-9(16)12(18)19/h3,5,7,9,16H,4,6H2,1-2H3,(H,14,17)(H,18,19)/t9-/m0/s1. The van der Waals surface area contributed by atoms with Gasteiger partial charge in [-0.3, -0.25) is 4.79 Å². The molecule has 19 heavy (non-hydrogen) atoms. The highest BCUT2D eigenvalue weighted by molar-refractivity contribution is 5.94. The number of aliphatic carboxylic acids is 1. The number of nitrogens with one attached hydrogen (secondary N) is 1. The van der Waals surface area contributed by atoms with Crippen molar-refractivity contribution in [2.45, 2.75) is 12.5 Å². The second-order valence-corrected chi connectivity index (χ2v) is 4.20. The van der Waals surface area contributed by atoms with Gasteiger partial charge < -0.3 is 20.4 Å². The molecule has 0 aliphatic rings. The van der Waals surface area contributed by atoms with E-state index in [4.69, 9.17) is 10.2 Å². The summed E-state index contributed by atoms with van der Waals surface area (Å²) in [5, 5.41) is 20.1. The summed E-state index contributed by atoms with van der Waals surface area (Å²) in [5.41, 5.74) is 0.434. The van der Waals surface area contributed by atoms with Crippen molar-refractivity contribution in [3.63, 3.8) is 0 Å². The summed E-state index contributed by atoms with van der Waals surface area (Å²) in [6.07, 6.45) is 0.0262. The molecule has 3 N–H and O–H groups in total. The fraction of sp³-hybridized carbons (Fsp3) is 0.417. The zero-order chi connectivity index (χ0) is 14.4. The Balaban J connectivity index is 2.54. The molecule has 0 aliphatic carbocycles. The number of carbonyl (C=O) groups is 2. The first-order valence-electron chi connectivity index (χ1n) is 5.74. The van der Waals surface area contributed by atoms with Gasteiger partial charge in [0.2, 0.25) is 0 Å². The van der Waals surface area contributed by atoms with Crippen LogP contribution in [0.4, 0.5) is 5.82 Å². The molecule has 1 aromatic rings. The first-order valence-corrected chi connectivity index (χ1v) is 5.74. The number of aromatic nitrogens is 1. The Bertz CT molecular complexity index is 462. The molecule has 0 saturated carbocycles. The Morgan fingerprint density at radius 1 is 1.47 bits per heavy atom. The zero-order valence-electron chi connectivity index (χ0n) is 10.8. The van der Waals surface area contributed by atoms with Crippen molar-refractivity contribution in [3.8, 4) is 0 Å². The molecule has 0 radical (unpaired) electrons. The number of carboxylic acid groups (broad SMARTS) is 1. The lowest BCUT2D eigenvalue weighted by atomic mass is 10.2. The van der Waals surface area contributed by atoms with Gasteiger partial charge in [-0.2, -0.15) is 0 Å². The number of rotatable bonds is 6. The smallest absolute Gasteiger partial charge is 0.332 e. The summed E-state index contributed by atoms with van der Waals surface area (Å²) in [6, 6.07) is 3.19. The summed E-state index contributed by atoms with van der Waals surface area (Å²) in [6.45, 7) is 0.0892. The number of hydrogen-bond donors (Lipinski definition) is 3. The molecule has 1 amide bonds. The first kappa shape index (κ1) is 14.9. The van der Waals surface area contributed by atoms with E-state index in [9.17, 15) is 9.59 Å². The number of anilines is 1. The van der Waals surface area contributed by atoms with Gasteiger partial charge in [-0.1, -0.05) is 0 Å². The van der Waals surface area contributed by atoms with Crippen LogP contribution in [0.25, 0.3) is 0 Å². The molecule has 104 valence electrons. The summed E-state index contributed by atoms with van der Waals surface area (Å²) in [7, 11) is 3.63. The Morgan fingerprint density at radius 3 is 2.74 bits per heavy atom. The van der Waals surface area contributed by atoms with E-state index >= 15 is 0 Å². The van der Waals surface area contributed by atoms with E-state index in [1.165, 1.54) is 6.20 Å². The SMILES string of the molecule is CN(C)c1cc(C(=O)NCC[C@H](O)C(=O)O)ccn1. The summed E-state index contributed by atoms with van der Waals surface area (Å²) in [4.78, 5) is 28.0. The molecule has 1 heterocycles. The molecule has 0 fully saturated rings. The Labute approximate surface area is 110 Å². The van der Waals surface area contributed by atoms with E-state index in [2.05, 4.69) is 10.3 Å². The molecule has 0 saturated heterocycles. The zero-order valence-corrected chi connectivity index (χ0v) is 10.8. The van der Waals surface area contributed by atoms with Crippen LogP contribution in [0.3, 0.4) is 0 Å². The van der Waals surface area contributed by atoms with Gasteiger partial charge in [0.15, 0.2) is 6.10 Å². The van der Waals surface area contributed by atoms with Gasteiger partial charge in [0.05, 0.1) is 0 Å². The number of pyridine rings is 1. The van der Waals surface area contributed by atoms with Crippen LogP contribution in [0.1, 0.15) is 16.8 Å². The highest BCUT2D eigenvalue weighted by atomic mass is 16.4. The van der Waals surface area contributed by atoms with E-state index in [-0.39, 0.29) is 18.9 Å². The molecule has 1 aromatic heterocycles. The number of hydrogen-bond acceptors (Lipinski definition) is 5. The minimum absolute atomic E-state index is 0.0350. The third kappa shape index (κ3) is 4.55. The van der Waals surface area contributed by atoms with Crippen LogP contribution in [-0.2, 0) is 4.79 Å². The average Bonchev–Trinajstić information content (AvgIpc) is 2.38. The highest BCUT2D eigenvalue weighted by Crippen LogP contribution is 2.09. The van der Waals surface area contributed by atoms with Gasteiger partial charge >= 0.3 is 5.97 Å². The predicted molar refractivity (Wildman–Crippen MR) is 69.2 cm³/mol. The Kier molecular flexibility index (Phi) is 5.25. The minimum Gasteiger partial charge on any atom is -0.479 e. The Hall–Kier alpha value is -2.15. The van der Waals surface area contributed by atoms with Gasteiger partial charge in [-0.25, -0.2) is 9.78 Å². The number of aliphatic hydroxyl groups excluding tert-OH is 1. The molecular formula is C12H17N3O4. The molecule has 0 spiro atoms. The van der Waals surface area contributed by atoms with E-state index < -0.39 is 12.1 Å². The number of aliphatic hydroxyl groups is 1. The Morgan fingerprint density at radius 2 is 2.16 bits per heavy atom. The topological polar surface area (TPSA) is 103 Å². The van der Waals surface area contributed by atoms with Gasteiger partial charge in [0, 0.05) is 38.8 Å². The van der Waals surface area contributed by atoms with E-state index in [1.54, 1.807) is 17.0 Å². The lowest BCUT2D eigenvalue weighted by Gasteiger charge is -2.12. The van der Waals surface area contributed by atoms with Crippen molar-refractivity contribution >= 4 is 17.7 Å². The maximum absolute atomic E-state index is 11.8. The monoisotopic (exact) mass is 267 g/mol. The number of nitrogens with zero attached hydrogens (tertiary/aromatic N) is 2. The van der Waals surface area contributed by atoms with Crippen molar-refractivity contribution in [2.24, 2.45) is 0 Å². The van der Waals surface area contributed by atoms with Crippen LogP contribution in [-0.4, -0.2) is 53.8 Å². The van der Waals surface area contributed by atoms with Gasteiger partial charge in [-0.15, -0.1) is 0 Å². The predicted octanol–water partition coefficient (Wildman–Crippen LogP) is -0.287. The van der Waals surface area contributed by atoms with Gasteiger partial charge in [0.1, 0.15) is 5.82 Å². The van der Waals surface area contributed by atoms with E-state index in [1.807, 2.05) is 14.1 Å². The molecule has 7 heteroatoms. The molecule has 1 atom stereocenters. The summed E-state index contributed by atoms with van der Waals surface area (Å²) >= 11 is 0. The van der Waals surface area contributed by atoms with Crippen molar-refractivity contribution < 1.29 is 19.8 Å². The van der Waals surface area contributed by atoms with Crippen LogP contribution in [0, 0.1) is 0 Å². The van der Waals surface area contributed by atoms with Crippen LogP contribution in [0.5, 0.6) is 0 Å². The van der Waals surface area contributed by atoms with Crippen molar-refractivity contribution in [2.75, 3.05) is 25.5 Å². The fourth-order valence-corrected chi connectivity index (χ4v) is 1.35. The van der Waals surface area contributed by atoms with Crippen LogP contribution in [0.15, 0.2) is 18.3 Å². The number of amides is 1. The quantitative estimate of drug-likeness (QED) is 0.654. The summed E-state index contributed by atoms with van der Waals surface area (Å²) in [5.74, 6) is -0.977. The molecule has 0 aromatic carbocycles. The van der Waals surface area contributed by atoms with E-state index in [0.29, 0.717) is 11.4 Å². The molecule has 0 bridgehead atoms. The second-order valence-electron chi connectivity index (χ2n) is 4.20. The molecule has 7 nitrogen and oxygen atoms in total. The van der Waals surface area contributed by atoms with Crippen LogP contribution < -0.4 is 10.2 Å². The molecule has 0 unspecified atom stereocenters. The van der Waals surface area contributed by atoms with Crippen molar-refractivity contribution in [1.82, 2.24) is 10.3 Å². The maximum Gasteiger partial charge on any atom is 0.332 e. The fourth-order valence-electron chi connectivity index (χ4n) is 1.35. The highest BCUT2D eigenvalue weighted by Gasteiger charge is 2.13. The average molecular weight is 267 g/mol. The third-order valence-electron chi connectivity index (χ3n) is 2.45. The molecule has 1 rings (SSSR count). The summed E-state index contributed by atoms with van der Waals surface area (Å²) < 4.78 is 0. The number of carbonyl (C=O) groups excluding carboxylic acids is 1. The van der Waals surface area contributed by atoms with Gasteiger partial charge in [-0.05, 0) is 12.1 Å². The van der Waals surface area contributed by atoms with Crippen LogP contribution >= 0.6 is 0 Å². The normalized spacial score (nSPS) is 11.7. The van der Waals surface area contributed by atoms with Crippen molar-refractivity contribution in [3.05, 3.63) is 23.9 Å². The first-order chi connectivity index (χ1) is 8.91. The number of carboxylic acids is 1. The largest absolute Gasteiger partial charge is 0.479 e. The second kappa shape index (κ2) is 6.69. The lowest BCUT2D eigenvalue weighted by Crippen LogP contribution is -2.30. The van der Waals surface area contributed by atoms with Gasteiger partial charge in [0.25, 0.3) is 5.91 Å². The van der Waals surface area contributed by atoms with E-state index in [0.717, 1.165) is 0 Å². The lowest BCUT2D eigenvalue weighted by molar-refractivity contribution is -0.146. The minimum atomic E-state index is -1.46. The molecule has 0 aliphatic heterocycles. The van der Waals surface area contributed by atoms with Crippen LogP contribution in [0.2, 0.25) is 0 Å². The molecular weight excluding hydrogens is 250 g/mol. The third-order valence-corrected chi connectivity index (χ3v) is 2.45. The van der Waals surface area contributed by atoms with Crippen molar-refractivity contribution in [1.29, 1.82) is 0 Å². The maximum atomic E-state index is 11.8.